The summed E-state index contributed by atoms with van der Waals surface area (Å²) < 4.78 is 2.10. The monoisotopic (exact) mass is 285 g/mol. The fourth-order valence-electron chi connectivity index (χ4n) is 2.70. The second kappa shape index (κ2) is 5.68. The van der Waals surface area contributed by atoms with Crippen LogP contribution in [-0.4, -0.2) is 25.9 Å². The van der Waals surface area contributed by atoms with E-state index in [9.17, 15) is 0 Å². The molecule has 112 valence electrons. The lowest BCUT2D eigenvalue weighted by molar-refractivity contribution is 0.260. The van der Waals surface area contributed by atoms with E-state index in [4.69, 9.17) is 5.73 Å². The molecule has 0 atom stereocenters. The van der Waals surface area contributed by atoms with E-state index in [1.807, 2.05) is 30.7 Å². The molecule has 0 bridgehead atoms. The molecule has 0 aliphatic heterocycles. The Morgan fingerprint density at radius 1 is 1.24 bits per heavy atom. The molecular formula is C16H23N5. The fraction of sp³-hybridized carbons (Fsp3) is 0.438. The van der Waals surface area contributed by atoms with Gasteiger partial charge in [0.15, 0.2) is 0 Å². The van der Waals surface area contributed by atoms with Gasteiger partial charge in [-0.25, -0.2) is 4.98 Å². The maximum atomic E-state index is 6.09. The predicted octanol–water partition coefficient (Wildman–Crippen LogP) is 2.59. The van der Waals surface area contributed by atoms with Crippen LogP contribution in [0.2, 0.25) is 0 Å². The number of aliphatic imine (C=N–C) groups is 1. The van der Waals surface area contributed by atoms with E-state index >= 15 is 0 Å². The average Bonchev–Trinajstić information content (AvgIpc) is 2.92. The topological polar surface area (TPSA) is 69.1 Å². The quantitative estimate of drug-likeness (QED) is 0.678. The zero-order valence-electron chi connectivity index (χ0n) is 13.1. The Morgan fingerprint density at radius 3 is 2.57 bits per heavy atom. The average molecular weight is 285 g/mol. The Morgan fingerprint density at radius 2 is 2.00 bits per heavy atom. The van der Waals surface area contributed by atoms with Gasteiger partial charge in [-0.05, 0) is 46.2 Å². The largest absolute Gasteiger partial charge is 0.382 e. The van der Waals surface area contributed by atoms with Gasteiger partial charge >= 0.3 is 0 Å². The van der Waals surface area contributed by atoms with Crippen LogP contribution in [0.5, 0.6) is 0 Å². The van der Waals surface area contributed by atoms with Crippen molar-refractivity contribution in [3.63, 3.8) is 0 Å². The first-order valence-corrected chi connectivity index (χ1v) is 7.05. The van der Waals surface area contributed by atoms with Gasteiger partial charge in [0.05, 0.1) is 11.9 Å². The molecule has 0 aromatic carbocycles. The van der Waals surface area contributed by atoms with Gasteiger partial charge in [-0.15, -0.1) is 0 Å². The molecule has 0 spiro atoms. The van der Waals surface area contributed by atoms with Gasteiger partial charge in [-0.2, -0.15) is 0 Å². The van der Waals surface area contributed by atoms with Gasteiger partial charge in [0, 0.05) is 24.1 Å². The minimum absolute atomic E-state index is 0.0894. The molecule has 0 aliphatic carbocycles. The molecule has 0 amide bonds. The van der Waals surface area contributed by atoms with Crippen LogP contribution >= 0.6 is 0 Å². The lowest BCUT2D eigenvalue weighted by Gasteiger charge is -2.33. The molecule has 21 heavy (non-hydrogen) atoms. The van der Waals surface area contributed by atoms with E-state index in [1.165, 1.54) is 0 Å². The summed E-state index contributed by atoms with van der Waals surface area (Å²) in [7, 11) is 0. The smallest absolute Gasteiger partial charge is 0.145 e. The Labute approximate surface area is 126 Å². The molecule has 2 aromatic rings. The standard InChI is InChI=1S/C16H23N5/c1-15(2,11-16(3,4)21-10-9-18-12-21)20-14(17)13-7-5-6-8-19-13/h5-10,12H,11H2,1-4H3,(H2,17,20). The number of hydrogen-bond donors (Lipinski definition) is 1. The minimum Gasteiger partial charge on any atom is -0.382 e. The maximum absolute atomic E-state index is 6.09. The number of nitrogens with two attached hydrogens (primary N) is 1. The van der Waals surface area contributed by atoms with Crippen LogP contribution in [0.25, 0.3) is 0 Å². The molecule has 2 N–H and O–H groups in total. The van der Waals surface area contributed by atoms with Gasteiger partial charge in [-0.1, -0.05) is 6.07 Å². The van der Waals surface area contributed by atoms with Crippen LogP contribution in [0.1, 0.15) is 39.8 Å². The summed E-state index contributed by atoms with van der Waals surface area (Å²) >= 11 is 0. The van der Waals surface area contributed by atoms with Gasteiger partial charge < -0.3 is 10.3 Å². The molecule has 0 aliphatic rings. The Bertz CT molecular complexity index is 597. The number of aromatic nitrogens is 3. The summed E-state index contributed by atoms with van der Waals surface area (Å²) in [4.78, 5) is 13.0. The van der Waals surface area contributed by atoms with Crippen LogP contribution in [0.4, 0.5) is 0 Å². The first-order valence-electron chi connectivity index (χ1n) is 7.05. The molecule has 2 heterocycles. The third kappa shape index (κ3) is 3.90. The van der Waals surface area contributed by atoms with Gasteiger partial charge in [0.25, 0.3) is 0 Å². The van der Waals surface area contributed by atoms with Crippen LogP contribution in [0.15, 0.2) is 48.1 Å². The van der Waals surface area contributed by atoms with Gasteiger partial charge in [0.2, 0.25) is 0 Å². The Balaban J connectivity index is 2.19. The highest BCUT2D eigenvalue weighted by Crippen LogP contribution is 2.29. The second-order valence-electron chi connectivity index (χ2n) is 6.48. The molecular weight excluding hydrogens is 262 g/mol. The van der Waals surface area contributed by atoms with Gasteiger partial charge in [0.1, 0.15) is 11.5 Å². The van der Waals surface area contributed by atoms with Crippen molar-refractivity contribution >= 4 is 5.84 Å². The van der Waals surface area contributed by atoms with Crippen molar-refractivity contribution in [2.75, 3.05) is 0 Å². The minimum atomic E-state index is -0.296. The Kier molecular flexibility index (Phi) is 4.11. The summed E-state index contributed by atoms with van der Waals surface area (Å²) in [6.45, 7) is 8.51. The first-order chi connectivity index (χ1) is 9.80. The number of imidazole rings is 1. The van der Waals surface area contributed by atoms with Crippen molar-refractivity contribution in [2.45, 2.75) is 45.2 Å². The molecule has 5 heteroatoms. The lowest BCUT2D eigenvalue weighted by atomic mass is 9.87. The summed E-state index contributed by atoms with van der Waals surface area (Å²) in [5, 5.41) is 0. The summed E-state index contributed by atoms with van der Waals surface area (Å²) in [5.41, 5.74) is 6.42. The molecule has 2 rings (SSSR count). The van der Waals surface area contributed by atoms with Crippen molar-refractivity contribution in [3.05, 3.63) is 48.8 Å². The molecule has 2 aromatic heterocycles. The van der Waals surface area contributed by atoms with Crippen molar-refractivity contribution in [3.8, 4) is 0 Å². The van der Waals surface area contributed by atoms with Crippen molar-refractivity contribution in [1.29, 1.82) is 0 Å². The molecule has 0 saturated carbocycles. The molecule has 0 fully saturated rings. The van der Waals surface area contributed by atoms with Crippen LogP contribution < -0.4 is 5.73 Å². The summed E-state index contributed by atoms with van der Waals surface area (Å²) in [6.07, 6.45) is 8.16. The maximum Gasteiger partial charge on any atom is 0.145 e. The zero-order valence-corrected chi connectivity index (χ0v) is 13.1. The van der Waals surface area contributed by atoms with Crippen LogP contribution in [0, 0.1) is 0 Å². The highest BCUT2D eigenvalue weighted by Gasteiger charge is 2.30. The number of nitrogens with zero attached hydrogens (tertiary/aromatic N) is 4. The van der Waals surface area contributed by atoms with E-state index in [-0.39, 0.29) is 11.1 Å². The normalized spacial score (nSPS) is 13.4. The SMILES string of the molecule is CC(C)(CC(C)(C)n1ccnc1)N=C(N)c1ccccn1. The van der Waals surface area contributed by atoms with E-state index in [0.29, 0.717) is 11.5 Å². The second-order valence-corrected chi connectivity index (χ2v) is 6.48. The highest BCUT2D eigenvalue weighted by molar-refractivity contribution is 5.95. The van der Waals surface area contributed by atoms with Crippen molar-refractivity contribution in [1.82, 2.24) is 14.5 Å². The van der Waals surface area contributed by atoms with Gasteiger partial charge in [-0.3, -0.25) is 9.98 Å². The molecule has 0 radical (unpaired) electrons. The number of rotatable bonds is 5. The summed E-state index contributed by atoms with van der Waals surface area (Å²) in [6, 6.07) is 5.65. The van der Waals surface area contributed by atoms with E-state index in [2.05, 4.69) is 47.2 Å². The van der Waals surface area contributed by atoms with Crippen LogP contribution in [0.3, 0.4) is 0 Å². The van der Waals surface area contributed by atoms with E-state index in [1.54, 1.807) is 12.4 Å². The van der Waals surface area contributed by atoms with Crippen molar-refractivity contribution in [2.24, 2.45) is 10.7 Å². The van der Waals surface area contributed by atoms with E-state index in [0.717, 1.165) is 6.42 Å². The third-order valence-electron chi connectivity index (χ3n) is 3.42. The summed E-state index contributed by atoms with van der Waals surface area (Å²) in [5.74, 6) is 0.474. The number of amidine groups is 1. The zero-order chi connectivity index (χ0) is 15.5. The number of pyridine rings is 1. The molecule has 0 saturated heterocycles. The first kappa shape index (κ1) is 15.2. The van der Waals surface area contributed by atoms with Crippen molar-refractivity contribution < 1.29 is 0 Å². The highest BCUT2D eigenvalue weighted by atomic mass is 15.1. The molecule has 0 unspecified atom stereocenters. The fourth-order valence-corrected chi connectivity index (χ4v) is 2.70. The number of hydrogen-bond acceptors (Lipinski definition) is 3. The third-order valence-corrected chi connectivity index (χ3v) is 3.42. The van der Waals surface area contributed by atoms with E-state index < -0.39 is 0 Å². The lowest BCUT2D eigenvalue weighted by Crippen LogP contribution is -2.36. The predicted molar refractivity (Wildman–Crippen MR) is 85.2 cm³/mol. The Hall–Kier alpha value is -2.17. The van der Waals surface area contributed by atoms with Crippen LogP contribution in [-0.2, 0) is 5.54 Å². The molecule has 5 nitrogen and oxygen atoms in total.